The van der Waals surface area contributed by atoms with E-state index in [-0.39, 0.29) is 12.3 Å². The van der Waals surface area contributed by atoms with Crippen LogP contribution in [0.5, 0.6) is 0 Å². The largest absolute Gasteiger partial charge is 0.389 e. The van der Waals surface area contributed by atoms with E-state index >= 15 is 0 Å². The third-order valence-electron chi connectivity index (χ3n) is 2.67. The van der Waals surface area contributed by atoms with Crippen molar-refractivity contribution in [2.75, 3.05) is 11.9 Å². The van der Waals surface area contributed by atoms with Crippen molar-refractivity contribution in [3.63, 3.8) is 0 Å². The molecule has 0 saturated heterocycles. The number of carbonyl (C=O) groups excluding carboxylic acids is 1. The fourth-order valence-electron chi connectivity index (χ4n) is 1.72. The van der Waals surface area contributed by atoms with Crippen molar-refractivity contribution in [2.45, 2.75) is 38.9 Å². The number of anilines is 1. The molecule has 0 heterocycles. The van der Waals surface area contributed by atoms with Crippen LogP contribution in [0.4, 0.5) is 18.9 Å². The Labute approximate surface area is 116 Å². The summed E-state index contributed by atoms with van der Waals surface area (Å²) in [5.41, 5.74) is 1.75. The molecule has 1 rings (SSSR count). The Morgan fingerprint density at radius 1 is 1.15 bits per heavy atom. The topological polar surface area (TPSA) is 41.1 Å². The van der Waals surface area contributed by atoms with Crippen LogP contribution in [0.15, 0.2) is 24.3 Å². The summed E-state index contributed by atoms with van der Waals surface area (Å²) in [6, 6.07) is 7.33. The van der Waals surface area contributed by atoms with Gasteiger partial charge in [0.15, 0.2) is 0 Å². The smallest absolute Gasteiger partial charge is 0.326 e. The van der Waals surface area contributed by atoms with E-state index < -0.39 is 12.6 Å². The van der Waals surface area contributed by atoms with Crippen molar-refractivity contribution in [3.05, 3.63) is 29.8 Å². The number of unbranched alkanes of at least 4 members (excludes halogenated alkanes) is 1. The SMILES string of the molecule is CC(=O)Nc1ccc(CNCCCCC(F)(F)F)cc1. The van der Waals surface area contributed by atoms with E-state index in [9.17, 15) is 18.0 Å². The minimum absolute atomic E-state index is 0.125. The fourth-order valence-corrected chi connectivity index (χ4v) is 1.72. The molecule has 0 atom stereocenters. The molecule has 0 saturated carbocycles. The molecule has 0 bridgehead atoms. The van der Waals surface area contributed by atoms with E-state index in [2.05, 4.69) is 10.6 Å². The number of rotatable bonds is 7. The summed E-state index contributed by atoms with van der Waals surface area (Å²) in [5.74, 6) is -0.125. The van der Waals surface area contributed by atoms with Crippen molar-refractivity contribution < 1.29 is 18.0 Å². The first-order valence-corrected chi connectivity index (χ1v) is 6.51. The van der Waals surface area contributed by atoms with Crippen molar-refractivity contribution >= 4 is 11.6 Å². The number of carbonyl (C=O) groups is 1. The van der Waals surface area contributed by atoms with Gasteiger partial charge in [-0.2, -0.15) is 13.2 Å². The molecule has 1 aromatic rings. The maximum absolute atomic E-state index is 11.9. The van der Waals surface area contributed by atoms with Gasteiger partial charge in [-0.3, -0.25) is 4.79 Å². The molecule has 0 fully saturated rings. The van der Waals surface area contributed by atoms with Gasteiger partial charge in [0.2, 0.25) is 5.91 Å². The van der Waals surface area contributed by atoms with Gasteiger partial charge < -0.3 is 10.6 Å². The van der Waals surface area contributed by atoms with Crippen LogP contribution in [0.1, 0.15) is 31.7 Å². The number of alkyl halides is 3. The molecule has 0 unspecified atom stereocenters. The van der Waals surface area contributed by atoms with Crippen LogP contribution >= 0.6 is 0 Å². The highest BCUT2D eigenvalue weighted by molar-refractivity contribution is 5.88. The van der Waals surface area contributed by atoms with Crippen LogP contribution in [-0.2, 0) is 11.3 Å². The van der Waals surface area contributed by atoms with Gasteiger partial charge in [-0.1, -0.05) is 12.1 Å². The lowest BCUT2D eigenvalue weighted by Crippen LogP contribution is -2.16. The van der Waals surface area contributed by atoms with Gasteiger partial charge in [-0.05, 0) is 37.1 Å². The van der Waals surface area contributed by atoms with Gasteiger partial charge in [-0.15, -0.1) is 0 Å². The van der Waals surface area contributed by atoms with Crippen LogP contribution in [0.3, 0.4) is 0 Å². The minimum Gasteiger partial charge on any atom is -0.326 e. The van der Waals surface area contributed by atoms with E-state index in [0.29, 0.717) is 19.5 Å². The van der Waals surface area contributed by atoms with E-state index in [4.69, 9.17) is 0 Å². The third-order valence-corrected chi connectivity index (χ3v) is 2.67. The monoisotopic (exact) mass is 288 g/mol. The average Bonchev–Trinajstić information content (AvgIpc) is 2.33. The molecule has 0 aliphatic carbocycles. The summed E-state index contributed by atoms with van der Waals surface area (Å²) in [5, 5.41) is 5.76. The molecule has 1 aromatic carbocycles. The molecule has 0 spiro atoms. The fraction of sp³-hybridized carbons (Fsp3) is 0.500. The molecule has 1 amide bonds. The zero-order valence-electron chi connectivity index (χ0n) is 11.4. The van der Waals surface area contributed by atoms with E-state index in [1.165, 1.54) is 6.92 Å². The van der Waals surface area contributed by atoms with E-state index in [1.807, 2.05) is 12.1 Å². The number of halogens is 3. The van der Waals surface area contributed by atoms with Crippen molar-refractivity contribution in [3.8, 4) is 0 Å². The predicted molar refractivity (Wildman–Crippen MR) is 72.4 cm³/mol. The van der Waals surface area contributed by atoms with Crippen molar-refractivity contribution in [1.29, 1.82) is 0 Å². The Bertz CT molecular complexity index is 415. The van der Waals surface area contributed by atoms with Gasteiger partial charge in [0.1, 0.15) is 0 Å². The van der Waals surface area contributed by atoms with Crippen LogP contribution in [0.25, 0.3) is 0 Å². The van der Waals surface area contributed by atoms with Gasteiger partial charge in [0, 0.05) is 25.6 Å². The molecular formula is C14H19F3N2O. The first-order valence-electron chi connectivity index (χ1n) is 6.51. The molecule has 0 radical (unpaired) electrons. The number of amides is 1. The van der Waals surface area contributed by atoms with Crippen LogP contribution < -0.4 is 10.6 Å². The first kappa shape index (κ1) is 16.5. The van der Waals surface area contributed by atoms with Crippen molar-refractivity contribution in [1.82, 2.24) is 5.32 Å². The molecule has 6 heteroatoms. The highest BCUT2D eigenvalue weighted by atomic mass is 19.4. The normalized spacial score (nSPS) is 11.4. The highest BCUT2D eigenvalue weighted by Crippen LogP contribution is 2.21. The van der Waals surface area contributed by atoms with Gasteiger partial charge in [0.05, 0.1) is 0 Å². The first-order chi connectivity index (χ1) is 9.37. The zero-order valence-corrected chi connectivity index (χ0v) is 11.4. The molecular weight excluding hydrogens is 269 g/mol. The quantitative estimate of drug-likeness (QED) is 0.754. The highest BCUT2D eigenvalue weighted by Gasteiger charge is 2.25. The Kier molecular flexibility index (Phi) is 6.51. The summed E-state index contributed by atoms with van der Waals surface area (Å²) in [6.45, 7) is 2.60. The molecule has 0 aromatic heterocycles. The third kappa shape index (κ3) is 7.78. The summed E-state index contributed by atoms with van der Waals surface area (Å²) < 4.78 is 35.7. The summed E-state index contributed by atoms with van der Waals surface area (Å²) in [7, 11) is 0. The summed E-state index contributed by atoms with van der Waals surface area (Å²) in [6.07, 6.45) is -4.12. The van der Waals surface area contributed by atoms with Crippen LogP contribution in [0, 0.1) is 0 Å². The van der Waals surface area contributed by atoms with Gasteiger partial charge >= 0.3 is 6.18 Å². The second-order valence-electron chi connectivity index (χ2n) is 4.63. The summed E-state index contributed by atoms with van der Waals surface area (Å²) >= 11 is 0. The predicted octanol–water partition coefficient (Wildman–Crippen LogP) is 3.47. The van der Waals surface area contributed by atoms with Crippen LogP contribution in [0.2, 0.25) is 0 Å². The van der Waals surface area contributed by atoms with Gasteiger partial charge in [-0.25, -0.2) is 0 Å². The average molecular weight is 288 g/mol. The molecule has 3 nitrogen and oxygen atoms in total. The number of hydrogen-bond acceptors (Lipinski definition) is 2. The zero-order chi connectivity index (χ0) is 15.0. The lowest BCUT2D eigenvalue weighted by molar-refractivity contribution is -0.135. The lowest BCUT2D eigenvalue weighted by atomic mass is 10.2. The second kappa shape index (κ2) is 7.89. The standard InChI is InChI=1S/C14H19F3N2O/c1-11(20)19-13-6-4-12(5-7-13)10-18-9-3-2-8-14(15,16)17/h4-7,18H,2-3,8-10H2,1H3,(H,19,20). The maximum atomic E-state index is 11.9. The second-order valence-corrected chi connectivity index (χ2v) is 4.63. The minimum atomic E-state index is -4.06. The maximum Gasteiger partial charge on any atom is 0.389 e. The number of hydrogen-bond donors (Lipinski definition) is 2. The molecule has 112 valence electrons. The van der Waals surface area contributed by atoms with Gasteiger partial charge in [0.25, 0.3) is 0 Å². The van der Waals surface area contributed by atoms with Crippen LogP contribution in [-0.4, -0.2) is 18.6 Å². The number of nitrogens with one attached hydrogen (secondary N) is 2. The molecule has 2 N–H and O–H groups in total. The molecule has 0 aliphatic heterocycles. The number of benzene rings is 1. The summed E-state index contributed by atoms with van der Waals surface area (Å²) in [4.78, 5) is 10.8. The van der Waals surface area contributed by atoms with E-state index in [0.717, 1.165) is 11.3 Å². The Morgan fingerprint density at radius 3 is 2.35 bits per heavy atom. The Hall–Kier alpha value is -1.56. The van der Waals surface area contributed by atoms with E-state index in [1.54, 1.807) is 12.1 Å². The van der Waals surface area contributed by atoms with Crippen molar-refractivity contribution in [2.24, 2.45) is 0 Å². The lowest BCUT2D eigenvalue weighted by Gasteiger charge is -2.08. The molecule has 20 heavy (non-hydrogen) atoms. The Balaban J connectivity index is 2.17. The molecule has 0 aliphatic rings. The Morgan fingerprint density at radius 2 is 1.80 bits per heavy atom.